The van der Waals surface area contributed by atoms with Gasteiger partial charge < -0.3 is 0 Å². The van der Waals surface area contributed by atoms with Gasteiger partial charge in [0.05, 0.1) is 15.9 Å². The Balaban J connectivity index is 1.89. The standard InChI is InChI=1S/C22H15FN2O2S/c23-17-13-10-16(11-14-17)12-15-21-22(25-20-9-5-4-8-19(20)24-21)28(26,27)18-6-2-1-3-7-18/h1-15H/b15-12+. The smallest absolute Gasteiger partial charge is 0.226 e. The van der Waals surface area contributed by atoms with Crippen LogP contribution in [0.1, 0.15) is 11.3 Å². The Labute approximate surface area is 161 Å². The second-order valence-electron chi connectivity index (χ2n) is 6.10. The molecule has 6 heteroatoms. The molecule has 4 aromatic rings. The lowest BCUT2D eigenvalue weighted by molar-refractivity contribution is 0.592. The van der Waals surface area contributed by atoms with Crippen molar-refractivity contribution in [1.29, 1.82) is 0 Å². The van der Waals surface area contributed by atoms with Crippen molar-refractivity contribution < 1.29 is 12.8 Å². The van der Waals surface area contributed by atoms with Gasteiger partial charge in [-0.25, -0.2) is 22.8 Å². The topological polar surface area (TPSA) is 59.9 Å². The highest BCUT2D eigenvalue weighted by Gasteiger charge is 2.23. The van der Waals surface area contributed by atoms with E-state index >= 15 is 0 Å². The highest BCUT2D eigenvalue weighted by atomic mass is 32.2. The molecule has 0 N–H and O–H groups in total. The van der Waals surface area contributed by atoms with Crippen LogP contribution in [-0.4, -0.2) is 18.4 Å². The monoisotopic (exact) mass is 390 g/mol. The first-order valence-corrected chi connectivity index (χ1v) is 10.0. The number of benzene rings is 3. The number of halogens is 1. The van der Waals surface area contributed by atoms with Crippen molar-refractivity contribution in [2.24, 2.45) is 0 Å². The van der Waals surface area contributed by atoms with Gasteiger partial charge in [-0.3, -0.25) is 0 Å². The van der Waals surface area contributed by atoms with Gasteiger partial charge in [-0.1, -0.05) is 48.5 Å². The molecule has 0 fully saturated rings. The zero-order valence-electron chi connectivity index (χ0n) is 14.7. The molecular formula is C22H15FN2O2S. The Bertz CT molecular complexity index is 1270. The molecule has 0 bridgehead atoms. The molecule has 0 aliphatic rings. The van der Waals surface area contributed by atoms with Crippen molar-refractivity contribution in [2.45, 2.75) is 9.92 Å². The molecule has 0 saturated carbocycles. The van der Waals surface area contributed by atoms with Gasteiger partial charge in [0.25, 0.3) is 0 Å². The first-order chi connectivity index (χ1) is 13.5. The molecule has 4 nitrogen and oxygen atoms in total. The van der Waals surface area contributed by atoms with Gasteiger partial charge in [0.2, 0.25) is 9.84 Å². The number of hydrogen-bond acceptors (Lipinski definition) is 4. The van der Waals surface area contributed by atoms with E-state index in [4.69, 9.17) is 0 Å². The minimum absolute atomic E-state index is 0.115. The third-order valence-electron chi connectivity index (χ3n) is 4.18. The molecule has 0 aliphatic carbocycles. The predicted octanol–water partition coefficient (Wildman–Crippen LogP) is 4.77. The molecule has 4 rings (SSSR count). The van der Waals surface area contributed by atoms with E-state index in [1.165, 1.54) is 24.3 Å². The van der Waals surface area contributed by atoms with Gasteiger partial charge >= 0.3 is 0 Å². The van der Waals surface area contributed by atoms with E-state index in [1.54, 1.807) is 60.7 Å². The molecular weight excluding hydrogens is 375 g/mol. The molecule has 1 heterocycles. The maximum atomic E-state index is 13.2. The maximum absolute atomic E-state index is 13.2. The van der Waals surface area contributed by atoms with E-state index in [2.05, 4.69) is 9.97 Å². The second-order valence-corrected chi connectivity index (χ2v) is 7.97. The van der Waals surface area contributed by atoms with E-state index in [1.807, 2.05) is 6.07 Å². The average molecular weight is 390 g/mol. The third kappa shape index (κ3) is 3.54. The van der Waals surface area contributed by atoms with Gasteiger partial charge in [0.15, 0.2) is 5.03 Å². The van der Waals surface area contributed by atoms with Crippen LogP contribution in [0.2, 0.25) is 0 Å². The maximum Gasteiger partial charge on any atom is 0.226 e. The van der Waals surface area contributed by atoms with Crippen LogP contribution in [0.3, 0.4) is 0 Å². The number of nitrogens with zero attached hydrogens (tertiary/aromatic N) is 2. The lowest BCUT2D eigenvalue weighted by Gasteiger charge is -2.08. The Hall–Kier alpha value is -3.38. The molecule has 0 aliphatic heterocycles. The summed E-state index contributed by atoms with van der Waals surface area (Å²) in [6.45, 7) is 0. The third-order valence-corrected chi connectivity index (χ3v) is 5.88. The summed E-state index contributed by atoms with van der Waals surface area (Å²) in [5.41, 5.74) is 2.04. The number of hydrogen-bond donors (Lipinski definition) is 0. The molecule has 0 unspecified atom stereocenters. The van der Waals surface area contributed by atoms with Crippen molar-refractivity contribution in [1.82, 2.24) is 9.97 Å². The molecule has 0 atom stereocenters. The largest absolute Gasteiger partial charge is 0.244 e. The van der Waals surface area contributed by atoms with Crippen LogP contribution in [0.4, 0.5) is 4.39 Å². The SMILES string of the molecule is O=S(=O)(c1ccccc1)c1nc2ccccc2nc1/C=C/c1ccc(F)cc1. The summed E-state index contributed by atoms with van der Waals surface area (Å²) in [6, 6.07) is 21.1. The molecule has 138 valence electrons. The molecule has 28 heavy (non-hydrogen) atoms. The predicted molar refractivity (Wildman–Crippen MR) is 107 cm³/mol. The highest BCUT2D eigenvalue weighted by Crippen LogP contribution is 2.25. The van der Waals surface area contributed by atoms with Crippen molar-refractivity contribution in [3.63, 3.8) is 0 Å². The van der Waals surface area contributed by atoms with Gasteiger partial charge in [-0.05, 0) is 48.0 Å². The average Bonchev–Trinajstić information content (AvgIpc) is 2.73. The molecule has 3 aromatic carbocycles. The summed E-state index contributed by atoms with van der Waals surface area (Å²) in [5.74, 6) is -0.338. The number of aromatic nitrogens is 2. The fraction of sp³-hybridized carbons (Fsp3) is 0. The lowest BCUT2D eigenvalue weighted by atomic mass is 10.2. The van der Waals surface area contributed by atoms with Crippen LogP contribution in [0, 0.1) is 5.82 Å². The van der Waals surface area contributed by atoms with Crippen molar-refractivity contribution >= 4 is 33.0 Å². The number of rotatable bonds is 4. The van der Waals surface area contributed by atoms with Crippen LogP contribution in [-0.2, 0) is 9.84 Å². The Kier molecular flexibility index (Phi) is 4.71. The minimum atomic E-state index is -3.86. The fourth-order valence-corrected chi connectivity index (χ4v) is 4.11. The summed E-state index contributed by atoms with van der Waals surface area (Å²) in [6.07, 6.45) is 3.27. The van der Waals surface area contributed by atoms with Gasteiger partial charge in [-0.2, -0.15) is 0 Å². The van der Waals surface area contributed by atoms with Crippen LogP contribution >= 0.6 is 0 Å². The van der Waals surface area contributed by atoms with E-state index in [-0.39, 0.29) is 21.4 Å². The summed E-state index contributed by atoms with van der Waals surface area (Å²) < 4.78 is 39.4. The second kappa shape index (κ2) is 7.32. The summed E-state index contributed by atoms with van der Waals surface area (Å²) >= 11 is 0. The number of para-hydroxylation sites is 2. The Morgan fingerprint density at radius 1 is 0.714 bits per heavy atom. The van der Waals surface area contributed by atoms with E-state index in [9.17, 15) is 12.8 Å². The first kappa shape index (κ1) is 18.0. The summed E-state index contributed by atoms with van der Waals surface area (Å²) in [5, 5.41) is -0.115. The van der Waals surface area contributed by atoms with E-state index in [0.29, 0.717) is 11.0 Å². The van der Waals surface area contributed by atoms with Gasteiger partial charge in [0, 0.05) is 0 Å². The highest BCUT2D eigenvalue weighted by molar-refractivity contribution is 7.91. The molecule has 0 spiro atoms. The summed E-state index contributed by atoms with van der Waals surface area (Å²) in [4.78, 5) is 9.03. The van der Waals surface area contributed by atoms with E-state index in [0.717, 1.165) is 5.56 Å². The van der Waals surface area contributed by atoms with Crippen molar-refractivity contribution in [3.05, 3.63) is 95.9 Å². The van der Waals surface area contributed by atoms with Crippen LogP contribution in [0.25, 0.3) is 23.2 Å². The van der Waals surface area contributed by atoms with Crippen molar-refractivity contribution in [2.75, 3.05) is 0 Å². The zero-order chi connectivity index (χ0) is 19.6. The Morgan fingerprint density at radius 3 is 2.00 bits per heavy atom. The van der Waals surface area contributed by atoms with Gasteiger partial charge in [0.1, 0.15) is 11.5 Å². The van der Waals surface area contributed by atoms with E-state index < -0.39 is 9.84 Å². The van der Waals surface area contributed by atoms with Crippen LogP contribution < -0.4 is 0 Å². The number of fused-ring (bicyclic) bond motifs is 1. The quantitative estimate of drug-likeness (QED) is 0.503. The van der Waals surface area contributed by atoms with Crippen LogP contribution in [0.5, 0.6) is 0 Å². The van der Waals surface area contributed by atoms with Crippen molar-refractivity contribution in [3.8, 4) is 0 Å². The lowest BCUT2D eigenvalue weighted by Crippen LogP contribution is -2.08. The normalized spacial score (nSPS) is 11.9. The Morgan fingerprint density at radius 2 is 1.32 bits per heavy atom. The fourth-order valence-electron chi connectivity index (χ4n) is 2.76. The first-order valence-electron chi connectivity index (χ1n) is 8.55. The van der Waals surface area contributed by atoms with Crippen LogP contribution in [0.15, 0.2) is 88.8 Å². The summed E-state index contributed by atoms with van der Waals surface area (Å²) in [7, 11) is -3.86. The van der Waals surface area contributed by atoms with Gasteiger partial charge in [-0.15, -0.1) is 0 Å². The molecule has 0 saturated heterocycles. The molecule has 1 aromatic heterocycles. The molecule has 0 radical (unpaired) electrons. The molecule has 0 amide bonds. The zero-order valence-corrected chi connectivity index (χ0v) is 15.5. The number of sulfone groups is 1. The minimum Gasteiger partial charge on any atom is -0.244 e.